The first-order valence-corrected chi connectivity index (χ1v) is 5.94. The first-order chi connectivity index (χ1) is 7.29. The lowest BCUT2D eigenvalue weighted by Crippen LogP contribution is -2.32. The smallest absolute Gasteiger partial charge is 0.123 e. The van der Waals surface area contributed by atoms with Gasteiger partial charge in [0.25, 0.3) is 0 Å². The maximum atomic E-state index is 9.97. The summed E-state index contributed by atoms with van der Waals surface area (Å²) in [5.41, 5.74) is 7.04. The Morgan fingerprint density at radius 3 is 2.41 bits per heavy atom. The summed E-state index contributed by atoms with van der Waals surface area (Å²) in [6.45, 7) is 5.53. The van der Waals surface area contributed by atoms with E-state index in [2.05, 4.69) is 15.9 Å². The fourth-order valence-electron chi connectivity index (χ4n) is 1.52. The SMILES string of the molecule is Cc1cc(Br)cc([C@@H](N)C(C)(C)CO)c1O.Cl. The molecule has 0 aliphatic rings. The lowest BCUT2D eigenvalue weighted by Gasteiger charge is -2.30. The molecule has 4 N–H and O–H groups in total. The van der Waals surface area contributed by atoms with Crippen LogP contribution in [0.2, 0.25) is 0 Å². The Morgan fingerprint density at radius 1 is 1.41 bits per heavy atom. The number of aromatic hydroxyl groups is 1. The van der Waals surface area contributed by atoms with Gasteiger partial charge in [-0.1, -0.05) is 29.8 Å². The molecule has 98 valence electrons. The fourth-order valence-corrected chi connectivity index (χ4v) is 2.11. The molecule has 0 aromatic heterocycles. The van der Waals surface area contributed by atoms with Crippen molar-refractivity contribution >= 4 is 28.3 Å². The van der Waals surface area contributed by atoms with Crippen molar-refractivity contribution in [3.63, 3.8) is 0 Å². The third-order valence-corrected chi connectivity index (χ3v) is 3.34. The second kappa shape index (κ2) is 6.05. The van der Waals surface area contributed by atoms with E-state index in [0.29, 0.717) is 5.56 Å². The van der Waals surface area contributed by atoms with E-state index in [1.54, 1.807) is 6.07 Å². The Morgan fingerprint density at radius 2 is 1.94 bits per heavy atom. The highest BCUT2D eigenvalue weighted by atomic mass is 79.9. The van der Waals surface area contributed by atoms with Gasteiger partial charge in [-0.05, 0) is 24.6 Å². The predicted molar refractivity (Wildman–Crippen MR) is 75.6 cm³/mol. The van der Waals surface area contributed by atoms with Crippen molar-refractivity contribution in [3.05, 3.63) is 27.7 Å². The molecule has 0 radical (unpaired) electrons. The molecule has 0 aliphatic heterocycles. The van der Waals surface area contributed by atoms with Crippen LogP contribution >= 0.6 is 28.3 Å². The molecule has 0 bridgehead atoms. The van der Waals surface area contributed by atoms with Gasteiger partial charge < -0.3 is 15.9 Å². The summed E-state index contributed by atoms with van der Waals surface area (Å²) in [4.78, 5) is 0. The summed E-state index contributed by atoms with van der Waals surface area (Å²) in [6.07, 6.45) is 0. The van der Waals surface area contributed by atoms with Crippen LogP contribution in [0.4, 0.5) is 0 Å². The first kappa shape index (κ1) is 16.7. The molecule has 0 amide bonds. The molecule has 17 heavy (non-hydrogen) atoms. The summed E-state index contributed by atoms with van der Waals surface area (Å²) >= 11 is 3.37. The highest BCUT2D eigenvalue weighted by molar-refractivity contribution is 9.10. The number of benzene rings is 1. The average molecular weight is 325 g/mol. The molecule has 0 spiro atoms. The maximum absolute atomic E-state index is 9.97. The molecule has 1 aromatic rings. The number of aliphatic hydroxyl groups excluding tert-OH is 1. The van der Waals surface area contributed by atoms with Crippen LogP contribution in [0.25, 0.3) is 0 Å². The number of hydrogen-bond acceptors (Lipinski definition) is 3. The van der Waals surface area contributed by atoms with Crippen LogP contribution in [-0.2, 0) is 0 Å². The molecule has 0 heterocycles. The highest BCUT2D eigenvalue weighted by Gasteiger charge is 2.29. The number of nitrogens with two attached hydrogens (primary N) is 1. The molecule has 3 nitrogen and oxygen atoms in total. The van der Waals surface area contributed by atoms with Crippen LogP contribution in [-0.4, -0.2) is 16.8 Å². The third kappa shape index (κ3) is 3.58. The fraction of sp³-hybridized carbons (Fsp3) is 0.500. The summed E-state index contributed by atoms with van der Waals surface area (Å²) in [5, 5.41) is 19.3. The van der Waals surface area contributed by atoms with Gasteiger partial charge in [-0.15, -0.1) is 12.4 Å². The van der Waals surface area contributed by atoms with Gasteiger partial charge in [0.1, 0.15) is 5.75 Å². The van der Waals surface area contributed by atoms with Gasteiger partial charge in [-0.2, -0.15) is 0 Å². The minimum absolute atomic E-state index is 0. The Bertz CT molecular complexity index is 396. The van der Waals surface area contributed by atoms with Gasteiger partial charge >= 0.3 is 0 Å². The Labute approximate surface area is 117 Å². The Kier molecular flexibility index (Phi) is 5.94. The van der Waals surface area contributed by atoms with Gasteiger partial charge in [0, 0.05) is 28.1 Å². The third-order valence-electron chi connectivity index (χ3n) is 2.88. The number of rotatable bonds is 3. The van der Waals surface area contributed by atoms with Crippen LogP contribution < -0.4 is 5.73 Å². The number of phenols is 1. The van der Waals surface area contributed by atoms with E-state index >= 15 is 0 Å². The summed E-state index contributed by atoms with van der Waals surface area (Å²) in [7, 11) is 0. The molecule has 1 aromatic carbocycles. The van der Waals surface area contributed by atoms with Crippen molar-refractivity contribution in [3.8, 4) is 5.75 Å². The van der Waals surface area contributed by atoms with E-state index in [4.69, 9.17) is 5.73 Å². The Hall–Kier alpha value is -0.290. The molecular formula is C12H19BrClNO2. The van der Waals surface area contributed by atoms with E-state index in [1.807, 2.05) is 26.8 Å². The normalized spacial score (nSPS) is 13.1. The monoisotopic (exact) mass is 323 g/mol. The quantitative estimate of drug-likeness (QED) is 0.801. The zero-order valence-corrected chi connectivity index (χ0v) is 12.6. The zero-order chi connectivity index (χ0) is 12.5. The second-order valence-electron chi connectivity index (χ2n) is 4.78. The van der Waals surface area contributed by atoms with Gasteiger partial charge in [-0.25, -0.2) is 0 Å². The van der Waals surface area contributed by atoms with Crippen molar-refractivity contribution < 1.29 is 10.2 Å². The molecule has 0 saturated heterocycles. The van der Waals surface area contributed by atoms with E-state index in [9.17, 15) is 10.2 Å². The van der Waals surface area contributed by atoms with Crippen molar-refractivity contribution in [2.24, 2.45) is 11.1 Å². The second-order valence-corrected chi connectivity index (χ2v) is 5.70. The average Bonchev–Trinajstić information content (AvgIpc) is 2.22. The molecule has 0 fully saturated rings. The Balaban J connectivity index is 0.00000256. The van der Waals surface area contributed by atoms with Gasteiger partial charge in [0.05, 0.1) is 0 Å². The van der Waals surface area contributed by atoms with E-state index in [0.717, 1.165) is 10.0 Å². The van der Waals surface area contributed by atoms with Crippen LogP contribution in [0.15, 0.2) is 16.6 Å². The van der Waals surface area contributed by atoms with Gasteiger partial charge in [0.2, 0.25) is 0 Å². The van der Waals surface area contributed by atoms with Crippen LogP contribution in [0, 0.1) is 12.3 Å². The molecule has 5 heteroatoms. The van der Waals surface area contributed by atoms with Crippen molar-refractivity contribution in [1.29, 1.82) is 0 Å². The van der Waals surface area contributed by atoms with Gasteiger partial charge in [-0.3, -0.25) is 0 Å². The molecule has 1 atom stereocenters. The molecule has 0 aliphatic carbocycles. The summed E-state index contributed by atoms with van der Waals surface area (Å²) in [6, 6.07) is 3.22. The van der Waals surface area contributed by atoms with E-state index < -0.39 is 11.5 Å². The highest BCUT2D eigenvalue weighted by Crippen LogP contribution is 2.38. The number of aryl methyl sites for hydroxylation is 1. The van der Waals surface area contributed by atoms with Crippen LogP contribution in [0.3, 0.4) is 0 Å². The summed E-state index contributed by atoms with van der Waals surface area (Å²) < 4.78 is 0.877. The molecule has 0 saturated carbocycles. The number of hydrogen-bond donors (Lipinski definition) is 3. The molecular weight excluding hydrogens is 305 g/mol. The standard InChI is InChI=1S/C12H18BrNO2.ClH/c1-7-4-8(13)5-9(10(7)16)11(14)12(2,3)6-15;/h4-5,11,15-16H,6,14H2,1-3H3;1H/t11-;/m1./s1. The lowest BCUT2D eigenvalue weighted by molar-refractivity contribution is 0.131. The van der Waals surface area contributed by atoms with Crippen LogP contribution in [0.5, 0.6) is 5.75 Å². The summed E-state index contributed by atoms with van der Waals surface area (Å²) in [5.74, 6) is 0.206. The van der Waals surface area contributed by atoms with Crippen molar-refractivity contribution in [2.45, 2.75) is 26.8 Å². The minimum atomic E-state index is -0.468. The molecule has 1 rings (SSSR count). The zero-order valence-electron chi connectivity index (χ0n) is 10.2. The van der Waals surface area contributed by atoms with Crippen molar-refractivity contribution in [1.82, 2.24) is 0 Å². The molecule has 0 unspecified atom stereocenters. The maximum Gasteiger partial charge on any atom is 0.123 e. The number of aliphatic hydroxyl groups is 1. The van der Waals surface area contributed by atoms with Crippen molar-refractivity contribution in [2.75, 3.05) is 6.61 Å². The number of halogens is 2. The van der Waals surface area contributed by atoms with E-state index in [1.165, 1.54) is 0 Å². The number of phenolic OH excluding ortho intramolecular Hbond substituents is 1. The minimum Gasteiger partial charge on any atom is -0.507 e. The largest absolute Gasteiger partial charge is 0.507 e. The predicted octanol–water partition coefficient (Wildman–Crippen LogP) is 2.90. The van der Waals surface area contributed by atoms with Crippen LogP contribution in [0.1, 0.15) is 31.0 Å². The van der Waals surface area contributed by atoms with E-state index in [-0.39, 0.29) is 24.8 Å². The lowest BCUT2D eigenvalue weighted by atomic mass is 9.81. The first-order valence-electron chi connectivity index (χ1n) is 5.15. The van der Waals surface area contributed by atoms with Gasteiger partial charge in [0.15, 0.2) is 0 Å². The topological polar surface area (TPSA) is 66.5 Å².